The van der Waals surface area contributed by atoms with E-state index < -0.39 is 5.60 Å². The highest BCUT2D eigenvalue weighted by molar-refractivity contribution is 5.83. The topological polar surface area (TPSA) is 91.1 Å². The van der Waals surface area contributed by atoms with Gasteiger partial charge < -0.3 is 15.0 Å². The zero-order valence-corrected chi connectivity index (χ0v) is 17.0. The van der Waals surface area contributed by atoms with E-state index in [2.05, 4.69) is 11.4 Å². The number of benzene rings is 1. The van der Waals surface area contributed by atoms with Crippen LogP contribution < -0.4 is 5.32 Å². The number of hydrogen-bond acceptors (Lipinski definition) is 6. The third kappa shape index (κ3) is 4.48. The molecular weight excluding hydrogens is 366 g/mol. The summed E-state index contributed by atoms with van der Waals surface area (Å²) in [5.41, 5.74) is 3.39. The number of nitriles is 1. The minimum absolute atomic E-state index is 0.299. The molecule has 29 heavy (non-hydrogen) atoms. The Kier molecular flexibility index (Phi) is 4.87. The number of nitrogens with zero attached hydrogens (tertiary/aromatic N) is 4. The molecule has 150 valence electrons. The van der Waals surface area contributed by atoms with Crippen LogP contribution in [0.2, 0.25) is 0 Å². The third-order valence-electron chi connectivity index (χ3n) is 4.88. The summed E-state index contributed by atoms with van der Waals surface area (Å²) < 4.78 is 5.47. The first kappa shape index (κ1) is 19.2. The monoisotopic (exact) mass is 391 g/mol. The second-order valence-electron chi connectivity index (χ2n) is 8.56. The lowest BCUT2D eigenvalue weighted by Gasteiger charge is -2.29. The van der Waals surface area contributed by atoms with Gasteiger partial charge in [-0.25, -0.2) is 14.8 Å². The van der Waals surface area contributed by atoms with Crippen molar-refractivity contribution >= 4 is 28.5 Å². The van der Waals surface area contributed by atoms with Crippen molar-refractivity contribution in [1.29, 1.82) is 5.26 Å². The summed E-state index contributed by atoms with van der Waals surface area (Å²) in [4.78, 5) is 23.6. The summed E-state index contributed by atoms with van der Waals surface area (Å²) in [7, 11) is 0. The van der Waals surface area contributed by atoms with Gasteiger partial charge in [0.2, 0.25) is 0 Å². The second-order valence-corrected chi connectivity index (χ2v) is 8.56. The van der Waals surface area contributed by atoms with Crippen LogP contribution in [-0.4, -0.2) is 45.7 Å². The maximum Gasteiger partial charge on any atom is 0.410 e. The lowest BCUT2D eigenvalue weighted by atomic mass is 10.0. The molecule has 0 atom stereocenters. The molecule has 0 bridgehead atoms. The van der Waals surface area contributed by atoms with Gasteiger partial charge in [0.25, 0.3) is 0 Å². The van der Waals surface area contributed by atoms with Gasteiger partial charge in [0.05, 0.1) is 22.7 Å². The van der Waals surface area contributed by atoms with Crippen molar-refractivity contribution in [2.75, 3.05) is 18.4 Å². The molecule has 2 heterocycles. The highest BCUT2D eigenvalue weighted by Gasteiger charge is 2.27. The smallest absolute Gasteiger partial charge is 0.410 e. The molecule has 7 heteroatoms. The first-order chi connectivity index (χ1) is 13.8. The van der Waals surface area contributed by atoms with Crippen molar-refractivity contribution in [2.24, 2.45) is 0 Å². The number of fused-ring (bicyclic) bond motifs is 1. The van der Waals surface area contributed by atoms with Crippen molar-refractivity contribution in [3.8, 4) is 6.07 Å². The van der Waals surface area contributed by atoms with Crippen molar-refractivity contribution in [2.45, 2.75) is 51.7 Å². The number of nitrogens with one attached hydrogen (secondary N) is 1. The Labute approximate surface area is 170 Å². The molecule has 1 saturated carbocycles. The molecule has 2 aliphatic rings. The number of amides is 1. The van der Waals surface area contributed by atoms with Crippen molar-refractivity contribution in [3.63, 3.8) is 0 Å². The summed E-state index contributed by atoms with van der Waals surface area (Å²) in [6.45, 7) is 6.65. The SMILES string of the molecule is CC(C)(C)OC(=O)N1CC=C(c2nc3cc(C#N)ccc3nc2NC2CC2)CC1. The van der Waals surface area contributed by atoms with Crippen molar-refractivity contribution < 1.29 is 9.53 Å². The van der Waals surface area contributed by atoms with Gasteiger partial charge in [0.15, 0.2) is 5.82 Å². The average Bonchev–Trinajstić information content (AvgIpc) is 3.50. The number of ether oxygens (including phenoxy) is 1. The van der Waals surface area contributed by atoms with Crippen LogP contribution in [0, 0.1) is 11.3 Å². The number of rotatable bonds is 3. The van der Waals surface area contributed by atoms with Gasteiger partial charge in [0.1, 0.15) is 11.3 Å². The predicted molar refractivity (Wildman–Crippen MR) is 111 cm³/mol. The molecule has 1 aliphatic carbocycles. The minimum Gasteiger partial charge on any atom is -0.444 e. The molecule has 0 spiro atoms. The Bertz CT molecular complexity index is 1030. The van der Waals surface area contributed by atoms with Gasteiger partial charge in [-0.2, -0.15) is 5.26 Å². The molecule has 0 saturated heterocycles. The molecule has 0 radical (unpaired) electrons. The largest absolute Gasteiger partial charge is 0.444 e. The van der Waals surface area contributed by atoms with Gasteiger partial charge in [-0.15, -0.1) is 0 Å². The van der Waals surface area contributed by atoms with Crippen molar-refractivity contribution in [3.05, 3.63) is 35.5 Å². The number of carbonyl (C=O) groups is 1. The summed E-state index contributed by atoms with van der Waals surface area (Å²) in [6.07, 6.45) is 4.68. The van der Waals surface area contributed by atoms with E-state index in [0.717, 1.165) is 35.4 Å². The van der Waals surface area contributed by atoms with Gasteiger partial charge >= 0.3 is 6.09 Å². The molecule has 4 rings (SSSR count). The summed E-state index contributed by atoms with van der Waals surface area (Å²) in [5, 5.41) is 12.7. The van der Waals surface area contributed by atoms with Crippen LogP contribution in [0.25, 0.3) is 16.6 Å². The molecule has 1 aliphatic heterocycles. The van der Waals surface area contributed by atoms with E-state index in [9.17, 15) is 10.1 Å². The molecule has 0 unspecified atom stereocenters. The van der Waals surface area contributed by atoms with Crippen molar-refractivity contribution in [1.82, 2.24) is 14.9 Å². The molecule has 7 nitrogen and oxygen atoms in total. The average molecular weight is 391 g/mol. The van der Waals surface area contributed by atoms with Crippen LogP contribution in [0.3, 0.4) is 0 Å². The fourth-order valence-corrected chi connectivity index (χ4v) is 3.25. The normalized spacial score (nSPS) is 16.9. The van der Waals surface area contributed by atoms with Crippen LogP contribution in [0.15, 0.2) is 24.3 Å². The van der Waals surface area contributed by atoms with Crippen LogP contribution in [0.4, 0.5) is 10.6 Å². The third-order valence-corrected chi connectivity index (χ3v) is 4.88. The standard InChI is InChI=1S/C22H25N5O2/c1-22(2,3)29-21(28)27-10-8-15(9-11-27)19-20(24-16-5-6-16)26-17-7-4-14(13-23)12-18(17)25-19/h4,7-8,12,16H,5-6,9-11H2,1-3H3,(H,24,26). The molecular formula is C22H25N5O2. The molecule has 2 aromatic rings. The first-order valence-corrected chi connectivity index (χ1v) is 9.98. The number of hydrogen-bond donors (Lipinski definition) is 1. The van der Waals surface area contributed by atoms with Gasteiger partial charge in [-0.05, 0) is 63.8 Å². The Morgan fingerprint density at radius 1 is 1.28 bits per heavy atom. The van der Waals surface area contributed by atoms with Crippen LogP contribution in [-0.2, 0) is 4.74 Å². The summed E-state index contributed by atoms with van der Waals surface area (Å²) in [5.74, 6) is 0.779. The first-order valence-electron chi connectivity index (χ1n) is 9.98. The molecule has 1 amide bonds. The van der Waals surface area contributed by atoms with Crippen LogP contribution >= 0.6 is 0 Å². The van der Waals surface area contributed by atoms with E-state index in [-0.39, 0.29) is 6.09 Å². The maximum atomic E-state index is 12.3. The van der Waals surface area contributed by atoms with E-state index >= 15 is 0 Å². The Hall–Kier alpha value is -3.14. The van der Waals surface area contributed by atoms with Crippen LogP contribution in [0.1, 0.15) is 51.3 Å². The molecule has 1 aromatic heterocycles. The lowest BCUT2D eigenvalue weighted by molar-refractivity contribution is 0.0270. The number of aromatic nitrogens is 2. The van der Waals surface area contributed by atoms with E-state index in [1.165, 1.54) is 0 Å². The highest BCUT2D eigenvalue weighted by atomic mass is 16.6. The fraction of sp³-hybridized carbons (Fsp3) is 0.455. The zero-order chi connectivity index (χ0) is 20.6. The quantitative estimate of drug-likeness (QED) is 0.847. The Morgan fingerprint density at radius 3 is 2.69 bits per heavy atom. The van der Waals surface area contributed by atoms with Gasteiger partial charge in [-0.1, -0.05) is 6.08 Å². The summed E-state index contributed by atoms with van der Waals surface area (Å²) >= 11 is 0. The second kappa shape index (κ2) is 7.36. The number of carbonyl (C=O) groups excluding carboxylic acids is 1. The van der Waals surface area contributed by atoms with Gasteiger partial charge in [-0.3, -0.25) is 0 Å². The maximum absolute atomic E-state index is 12.3. The van der Waals surface area contributed by atoms with E-state index in [4.69, 9.17) is 14.7 Å². The molecule has 1 N–H and O–H groups in total. The zero-order valence-electron chi connectivity index (χ0n) is 17.0. The Balaban J connectivity index is 1.63. The van der Waals surface area contributed by atoms with E-state index in [1.54, 1.807) is 17.0 Å². The highest BCUT2D eigenvalue weighted by Crippen LogP contribution is 2.32. The van der Waals surface area contributed by atoms with Gasteiger partial charge in [0, 0.05) is 19.1 Å². The van der Waals surface area contributed by atoms with E-state index in [1.807, 2.05) is 32.9 Å². The molecule has 1 fully saturated rings. The fourth-order valence-electron chi connectivity index (χ4n) is 3.25. The van der Waals surface area contributed by atoms with E-state index in [0.29, 0.717) is 36.6 Å². The molecule has 1 aromatic carbocycles. The summed E-state index contributed by atoms with van der Waals surface area (Å²) in [6, 6.07) is 7.96. The number of anilines is 1. The predicted octanol–water partition coefficient (Wildman–Crippen LogP) is 4.10. The Morgan fingerprint density at radius 2 is 2.07 bits per heavy atom. The van der Waals surface area contributed by atoms with Crippen LogP contribution in [0.5, 0.6) is 0 Å². The minimum atomic E-state index is -0.509. The lowest BCUT2D eigenvalue weighted by Crippen LogP contribution is -2.39.